The molecule has 0 atom stereocenters. The van der Waals surface area contributed by atoms with Crippen LogP contribution < -0.4 is 4.74 Å². The average Bonchev–Trinajstić information content (AvgIpc) is 2.18. The van der Waals surface area contributed by atoms with Crippen molar-refractivity contribution in [2.24, 2.45) is 0 Å². The third-order valence-electron chi connectivity index (χ3n) is 1.68. The SMILES string of the molecule is COc1cc(F)c(/C=C\C(=O)O)cc1F. The molecule has 80 valence electrons. The number of ether oxygens (including phenoxy) is 1. The van der Waals surface area contributed by atoms with Gasteiger partial charge in [0.25, 0.3) is 0 Å². The summed E-state index contributed by atoms with van der Waals surface area (Å²) in [5, 5.41) is 8.31. The maximum Gasteiger partial charge on any atom is 0.328 e. The normalized spacial score (nSPS) is 10.6. The number of aliphatic carboxylic acids is 1. The first-order chi connectivity index (χ1) is 7.04. The molecule has 15 heavy (non-hydrogen) atoms. The molecule has 1 N–H and O–H groups in total. The first-order valence-electron chi connectivity index (χ1n) is 3.98. The highest BCUT2D eigenvalue weighted by Crippen LogP contribution is 2.21. The highest BCUT2D eigenvalue weighted by Gasteiger charge is 2.08. The Kier molecular flexibility index (Phi) is 3.38. The van der Waals surface area contributed by atoms with Gasteiger partial charge >= 0.3 is 5.97 Å². The number of carbonyl (C=O) groups is 1. The maximum atomic E-state index is 13.2. The number of rotatable bonds is 3. The summed E-state index contributed by atoms with van der Waals surface area (Å²) >= 11 is 0. The molecular formula is C10H8F2O3. The number of hydrogen-bond donors (Lipinski definition) is 1. The molecule has 1 aromatic carbocycles. The Morgan fingerprint density at radius 1 is 1.40 bits per heavy atom. The lowest BCUT2D eigenvalue weighted by atomic mass is 10.2. The van der Waals surface area contributed by atoms with Crippen LogP contribution in [0.5, 0.6) is 5.75 Å². The second-order valence-electron chi connectivity index (χ2n) is 2.68. The zero-order valence-electron chi connectivity index (χ0n) is 7.83. The summed E-state index contributed by atoms with van der Waals surface area (Å²) in [6.07, 6.45) is 1.70. The van der Waals surface area contributed by atoms with E-state index in [4.69, 9.17) is 5.11 Å². The van der Waals surface area contributed by atoms with Crippen molar-refractivity contribution in [3.05, 3.63) is 35.4 Å². The van der Waals surface area contributed by atoms with Gasteiger partial charge < -0.3 is 9.84 Å². The molecular weight excluding hydrogens is 206 g/mol. The second kappa shape index (κ2) is 4.54. The van der Waals surface area contributed by atoms with Crippen molar-refractivity contribution in [1.29, 1.82) is 0 Å². The highest BCUT2D eigenvalue weighted by atomic mass is 19.1. The van der Waals surface area contributed by atoms with Gasteiger partial charge in [-0.2, -0.15) is 0 Å². The van der Waals surface area contributed by atoms with Crippen LogP contribution in [-0.2, 0) is 4.79 Å². The van der Waals surface area contributed by atoms with Crippen LogP contribution in [-0.4, -0.2) is 18.2 Å². The van der Waals surface area contributed by atoms with Crippen molar-refractivity contribution in [2.45, 2.75) is 0 Å². The number of hydrogen-bond acceptors (Lipinski definition) is 2. The first-order valence-corrected chi connectivity index (χ1v) is 3.98. The predicted molar refractivity (Wildman–Crippen MR) is 49.6 cm³/mol. The Hall–Kier alpha value is -1.91. The summed E-state index contributed by atoms with van der Waals surface area (Å²) in [6, 6.07) is 1.73. The topological polar surface area (TPSA) is 46.5 Å². The van der Waals surface area contributed by atoms with E-state index < -0.39 is 17.6 Å². The summed E-state index contributed by atoms with van der Waals surface area (Å²) in [7, 11) is 1.21. The zero-order chi connectivity index (χ0) is 11.4. The van der Waals surface area contributed by atoms with E-state index in [-0.39, 0.29) is 11.3 Å². The molecule has 0 fully saturated rings. The second-order valence-corrected chi connectivity index (χ2v) is 2.68. The van der Waals surface area contributed by atoms with Gasteiger partial charge in [0, 0.05) is 17.7 Å². The van der Waals surface area contributed by atoms with E-state index in [2.05, 4.69) is 4.74 Å². The van der Waals surface area contributed by atoms with Crippen molar-refractivity contribution in [1.82, 2.24) is 0 Å². The number of carboxylic acids is 1. The Morgan fingerprint density at radius 2 is 2.07 bits per heavy atom. The smallest absolute Gasteiger partial charge is 0.328 e. The van der Waals surface area contributed by atoms with Gasteiger partial charge in [0.05, 0.1) is 7.11 Å². The summed E-state index contributed by atoms with van der Waals surface area (Å²) in [6.45, 7) is 0. The van der Waals surface area contributed by atoms with E-state index in [1.54, 1.807) is 0 Å². The van der Waals surface area contributed by atoms with Gasteiger partial charge in [0.15, 0.2) is 11.6 Å². The molecule has 0 spiro atoms. The highest BCUT2D eigenvalue weighted by molar-refractivity contribution is 5.85. The molecule has 0 saturated heterocycles. The molecule has 0 aliphatic carbocycles. The zero-order valence-corrected chi connectivity index (χ0v) is 7.83. The lowest BCUT2D eigenvalue weighted by Crippen LogP contribution is -1.93. The van der Waals surface area contributed by atoms with Crippen LogP contribution >= 0.6 is 0 Å². The Balaban J connectivity index is 3.10. The number of halogens is 2. The standard InChI is InChI=1S/C10H8F2O3/c1-15-9-5-7(11)6(4-8(9)12)2-3-10(13)14/h2-5H,1H3,(H,13,14)/b3-2-. The summed E-state index contributed by atoms with van der Waals surface area (Å²) in [5.41, 5.74) is -0.143. The van der Waals surface area contributed by atoms with Gasteiger partial charge in [-0.15, -0.1) is 0 Å². The number of benzene rings is 1. The third kappa shape index (κ3) is 2.77. The molecule has 0 saturated carbocycles. The monoisotopic (exact) mass is 214 g/mol. The largest absolute Gasteiger partial charge is 0.494 e. The van der Waals surface area contributed by atoms with E-state index in [1.807, 2.05) is 0 Å². The van der Waals surface area contributed by atoms with Crippen LogP contribution in [0, 0.1) is 11.6 Å². The Labute approximate surface area is 84.6 Å². The van der Waals surface area contributed by atoms with Crippen molar-refractivity contribution in [3.63, 3.8) is 0 Å². The van der Waals surface area contributed by atoms with Crippen LogP contribution in [0.15, 0.2) is 18.2 Å². The molecule has 0 aliphatic heterocycles. The fourth-order valence-corrected chi connectivity index (χ4v) is 0.989. The molecule has 0 heterocycles. The van der Waals surface area contributed by atoms with E-state index in [0.29, 0.717) is 0 Å². The molecule has 0 unspecified atom stereocenters. The van der Waals surface area contributed by atoms with E-state index >= 15 is 0 Å². The quantitative estimate of drug-likeness (QED) is 0.783. The Morgan fingerprint density at radius 3 is 2.60 bits per heavy atom. The van der Waals surface area contributed by atoms with Gasteiger partial charge in [-0.25, -0.2) is 13.6 Å². The van der Waals surface area contributed by atoms with Gasteiger partial charge in [0.1, 0.15) is 5.82 Å². The van der Waals surface area contributed by atoms with Crippen molar-refractivity contribution >= 4 is 12.0 Å². The lowest BCUT2D eigenvalue weighted by molar-refractivity contribution is -0.131. The summed E-state index contributed by atoms with van der Waals surface area (Å²) in [4.78, 5) is 10.2. The Bertz CT molecular complexity index is 413. The molecule has 1 rings (SSSR count). The number of carboxylic acid groups (broad SMARTS) is 1. The van der Waals surface area contributed by atoms with Gasteiger partial charge in [-0.1, -0.05) is 0 Å². The molecule has 1 aromatic rings. The molecule has 0 radical (unpaired) electrons. The van der Waals surface area contributed by atoms with Crippen LogP contribution in [0.3, 0.4) is 0 Å². The number of methoxy groups -OCH3 is 1. The van der Waals surface area contributed by atoms with Gasteiger partial charge in [-0.05, 0) is 12.1 Å². The molecule has 0 amide bonds. The minimum atomic E-state index is -1.23. The third-order valence-corrected chi connectivity index (χ3v) is 1.68. The van der Waals surface area contributed by atoms with Crippen LogP contribution in [0.4, 0.5) is 8.78 Å². The first kappa shape index (κ1) is 11.2. The van der Waals surface area contributed by atoms with E-state index in [0.717, 1.165) is 24.3 Å². The summed E-state index contributed by atoms with van der Waals surface area (Å²) < 4.78 is 30.8. The summed E-state index contributed by atoms with van der Waals surface area (Å²) in [5.74, 6) is -2.94. The molecule has 3 nitrogen and oxygen atoms in total. The predicted octanol–water partition coefficient (Wildman–Crippen LogP) is 2.07. The van der Waals surface area contributed by atoms with E-state index in [9.17, 15) is 13.6 Å². The fourth-order valence-electron chi connectivity index (χ4n) is 0.989. The molecule has 0 aromatic heterocycles. The van der Waals surface area contributed by atoms with Crippen molar-refractivity contribution in [2.75, 3.05) is 7.11 Å². The van der Waals surface area contributed by atoms with Crippen molar-refractivity contribution in [3.8, 4) is 5.75 Å². The van der Waals surface area contributed by atoms with E-state index in [1.165, 1.54) is 7.11 Å². The lowest BCUT2D eigenvalue weighted by Gasteiger charge is -2.03. The minimum Gasteiger partial charge on any atom is -0.494 e. The van der Waals surface area contributed by atoms with Crippen molar-refractivity contribution < 1.29 is 23.4 Å². The minimum absolute atomic E-state index is 0.143. The maximum absolute atomic E-state index is 13.2. The van der Waals surface area contributed by atoms with Crippen LogP contribution in [0.25, 0.3) is 6.08 Å². The van der Waals surface area contributed by atoms with Gasteiger partial charge in [0.2, 0.25) is 0 Å². The fraction of sp³-hybridized carbons (Fsp3) is 0.100. The van der Waals surface area contributed by atoms with Gasteiger partial charge in [-0.3, -0.25) is 0 Å². The molecule has 0 bridgehead atoms. The van der Waals surface area contributed by atoms with Crippen LogP contribution in [0.1, 0.15) is 5.56 Å². The van der Waals surface area contributed by atoms with Crippen LogP contribution in [0.2, 0.25) is 0 Å². The molecule has 5 heteroatoms. The molecule has 0 aliphatic rings. The average molecular weight is 214 g/mol.